The zero-order valence-corrected chi connectivity index (χ0v) is 30.9. The van der Waals surface area contributed by atoms with Crippen molar-refractivity contribution in [1.29, 1.82) is 0 Å². The number of carbonyl (C=O) groups is 4. The van der Waals surface area contributed by atoms with E-state index in [1.807, 2.05) is 34.9 Å². The molecule has 274 valence electrons. The second-order valence-corrected chi connectivity index (χ2v) is 16.2. The number of rotatable bonds is 12. The molecule has 4 saturated heterocycles. The highest BCUT2D eigenvalue weighted by Crippen LogP contribution is 2.32. The van der Waals surface area contributed by atoms with Gasteiger partial charge in [-0.25, -0.2) is 0 Å². The summed E-state index contributed by atoms with van der Waals surface area (Å²) < 4.78 is 5.39. The SMILES string of the molecule is COC[C@@H]1CC[C@@H](CO)N1C(=O)[C@@H]1CCCN1C(=O)[C@@H]1CCCN1C[C@H](C(C)C)N(C)C(=O)[C@@H](NC(=O)C1CCCCN1C)C(C)(C)C. The molecule has 0 aromatic rings. The summed E-state index contributed by atoms with van der Waals surface area (Å²) in [6, 6.07) is -2.32. The average molecular weight is 677 g/mol. The number of nitrogens with one attached hydrogen (secondary N) is 1. The van der Waals surface area contributed by atoms with Crippen LogP contribution in [0, 0.1) is 11.3 Å². The number of aliphatic hydroxyl groups excluding tert-OH is 1. The molecule has 0 spiro atoms. The van der Waals surface area contributed by atoms with Crippen molar-refractivity contribution in [2.24, 2.45) is 11.3 Å². The van der Waals surface area contributed by atoms with Crippen molar-refractivity contribution in [1.82, 2.24) is 29.8 Å². The quantitative estimate of drug-likeness (QED) is 0.322. The highest BCUT2D eigenvalue weighted by Gasteiger charge is 2.47. The first-order chi connectivity index (χ1) is 22.7. The van der Waals surface area contributed by atoms with Crippen molar-refractivity contribution < 1.29 is 29.0 Å². The highest BCUT2D eigenvalue weighted by atomic mass is 16.5. The molecule has 0 bridgehead atoms. The van der Waals surface area contributed by atoms with Gasteiger partial charge in [0.15, 0.2) is 0 Å². The summed E-state index contributed by atoms with van der Waals surface area (Å²) in [4.78, 5) is 65.6. The Morgan fingerprint density at radius 2 is 1.52 bits per heavy atom. The minimum Gasteiger partial charge on any atom is -0.394 e. The third-order valence-electron chi connectivity index (χ3n) is 11.4. The third-order valence-corrected chi connectivity index (χ3v) is 11.4. The van der Waals surface area contributed by atoms with Crippen LogP contribution in [-0.4, -0.2) is 156 Å². The van der Waals surface area contributed by atoms with Gasteiger partial charge in [0, 0.05) is 33.3 Å². The summed E-state index contributed by atoms with van der Waals surface area (Å²) in [7, 11) is 5.43. The molecule has 4 aliphatic heterocycles. The monoisotopic (exact) mass is 676 g/mol. The Hall–Kier alpha value is -2.28. The lowest BCUT2D eigenvalue weighted by molar-refractivity contribution is -0.149. The fourth-order valence-electron chi connectivity index (χ4n) is 8.51. The smallest absolute Gasteiger partial charge is 0.246 e. The van der Waals surface area contributed by atoms with Crippen molar-refractivity contribution in [2.75, 3.05) is 60.6 Å². The Kier molecular flexibility index (Phi) is 13.3. The Morgan fingerprint density at radius 3 is 2.15 bits per heavy atom. The van der Waals surface area contributed by atoms with Crippen LogP contribution in [0.3, 0.4) is 0 Å². The number of hydrogen-bond acceptors (Lipinski definition) is 8. The van der Waals surface area contributed by atoms with E-state index in [1.54, 1.807) is 21.8 Å². The number of likely N-dealkylation sites (tertiary alicyclic amines) is 4. The van der Waals surface area contributed by atoms with E-state index >= 15 is 0 Å². The molecule has 7 atom stereocenters. The highest BCUT2D eigenvalue weighted by molar-refractivity contribution is 5.91. The van der Waals surface area contributed by atoms with Crippen molar-refractivity contribution in [3.8, 4) is 0 Å². The molecule has 4 rings (SSSR count). The maximum atomic E-state index is 14.2. The summed E-state index contributed by atoms with van der Waals surface area (Å²) in [5.41, 5.74) is -0.494. The molecule has 0 radical (unpaired) electrons. The Bertz CT molecular complexity index is 1130. The van der Waals surface area contributed by atoms with Gasteiger partial charge < -0.3 is 29.9 Å². The molecular formula is C36H64N6O6. The van der Waals surface area contributed by atoms with E-state index in [2.05, 4.69) is 29.0 Å². The number of nitrogens with zero attached hydrogens (tertiary/aromatic N) is 5. The van der Waals surface area contributed by atoms with Crippen LogP contribution in [0.2, 0.25) is 0 Å². The molecule has 0 aliphatic carbocycles. The fourth-order valence-corrected chi connectivity index (χ4v) is 8.51. The van der Waals surface area contributed by atoms with Gasteiger partial charge in [-0.2, -0.15) is 0 Å². The molecule has 12 nitrogen and oxygen atoms in total. The minimum absolute atomic E-state index is 0.0145. The molecule has 2 N–H and O–H groups in total. The van der Waals surface area contributed by atoms with Crippen LogP contribution in [0.4, 0.5) is 0 Å². The molecule has 0 aromatic heterocycles. The van der Waals surface area contributed by atoms with E-state index in [4.69, 9.17) is 4.74 Å². The van der Waals surface area contributed by atoms with E-state index in [0.717, 1.165) is 58.0 Å². The van der Waals surface area contributed by atoms with Crippen LogP contribution in [0.25, 0.3) is 0 Å². The van der Waals surface area contributed by atoms with E-state index in [-0.39, 0.29) is 66.4 Å². The normalized spacial score (nSPS) is 28.6. The van der Waals surface area contributed by atoms with Crippen molar-refractivity contribution in [3.05, 3.63) is 0 Å². The molecule has 4 heterocycles. The maximum Gasteiger partial charge on any atom is 0.246 e. The van der Waals surface area contributed by atoms with Crippen molar-refractivity contribution in [3.63, 3.8) is 0 Å². The zero-order chi connectivity index (χ0) is 35.3. The number of methoxy groups -OCH3 is 1. The van der Waals surface area contributed by atoms with Crippen LogP contribution < -0.4 is 5.32 Å². The Balaban J connectivity index is 1.47. The summed E-state index contributed by atoms with van der Waals surface area (Å²) in [5.74, 6) is -0.188. The molecule has 12 heteroatoms. The Labute approximate surface area is 288 Å². The lowest BCUT2D eigenvalue weighted by atomic mass is 9.84. The lowest BCUT2D eigenvalue weighted by Crippen LogP contribution is -2.61. The van der Waals surface area contributed by atoms with E-state index in [0.29, 0.717) is 32.5 Å². The fraction of sp³-hybridized carbons (Fsp3) is 0.889. The second kappa shape index (κ2) is 16.6. The first-order valence-corrected chi connectivity index (χ1v) is 18.4. The number of ether oxygens (including phenoxy) is 1. The molecule has 4 amide bonds. The predicted molar refractivity (Wildman–Crippen MR) is 185 cm³/mol. The Morgan fingerprint density at radius 1 is 0.875 bits per heavy atom. The molecule has 4 aliphatic rings. The standard InChI is InChI=1S/C36H64N6O6/c1-24(2)30(39(7)35(47)31(36(3,4)5)37-32(44)27-13-9-10-18-38(27)6)21-40-19-11-14-28(40)33(45)41-20-12-15-29(41)34(46)42-25(22-43)16-17-26(42)23-48-8/h24-31,43H,9-23H2,1-8H3,(H,37,44)/t25-,26-,27?,28-,29-,30+,31+/m0/s1. The first kappa shape index (κ1) is 38.5. The van der Waals surface area contributed by atoms with Gasteiger partial charge in [0.05, 0.1) is 37.4 Å². The van der Waals surface area contributed by atoms with Crippen molar-refractivity contribution >= 4 is 23.6 Å². The molecule has 0 saturated carbocycles. The van der Waals surface area contributed by atoms with E-state index < -0.39 is 17.5 Å². The average Bonchev–Trinajstić information content (AvgIpc) is 3.81. The van der Waals surface area contributed by atoms with Crippen LogP contribution in [-0.2, 0) is 23.9 Å². The van der Waals surface area contributed by atoms with Crippen LogP contribution in [0.1, 0.15) is 92.4 Å². The number of piperidine rings is 1. The van der Waals surface area contributed by atoms with E-state index in [1.165, 1.54) is 0 Å². The van der Waals surface area contributed by atoms with Gasteiger partial charge in [-0.3, -0.25) is 29.0 Å². The summed E-state index contributed by atoms with van der Waals surface area (Å²) in [5, 5.41) is 13.2. The van der Waals surface area contributed by atoms with Gasteiger partial charge in [0.1, 0.15) is 12.1 Å². The number of carbonyl (C=O) groups excluding carboxylic acids is 4. The van der Waals surface area contributed by atoms with Crippen LogP contribution >= 0.6 is 0 Å². The lowest BCUT2D eigenvalue weighted by Gasteiger charge is -2.41. The summed E-state index contributed by atoms with van der Waals surface area (Å²) >= 11 is 0. The van der Waals surface area contributed by atoms with Crippen LogP contribution in [0.15, 0.2) is 0 Å². The van der Waals surface area contributed by atoms with Gasteiger partial charge in [-0.15, -0.1) is 0 Å². The van der Waals surface area contributed by atoms with E-state index in [9.17, 15) is 24.3 Å². The van der Waals surface area contributed by atoms with Crippen LogP contribution in [0.5, 0.6) is 0 Å². The first-order valence-electron chi connectivity index (χ1n) is 18.4. The number of likely N-dealkylation sites (N-methyl/N-ethyl adjacent to an activating group) is 2. The molecule has 4 fully saturated rings. The number of aliphatic hydroxyl groups is 1. The number of hydrogen-bond donors (Lipinski definition) is 2. The minimum atomic E-state index is -0.686. The largest absolute Gasteiger partial charge is 0.394 e. The van der Waals surface area contributed by atoms with Gasteiger partial charge in [-0.05, 0) is 82.8 Å². The van der Waals surface area contributed by atoms with Gasteiger partial charge >= 0.3 is 0 Å². The van der Waals surface area contributed by atoms with Crippen molar-refractivity contribution in [2.45, 2.75) is 135 Å². The zero-order valence-electron chi connectivity index (χ0n) is 30.9. The molecule has 48 heavy (non-hydrogen) atoms. The molecule has 1 unspecified atom stereocenters. The third kappa shape index (κ3) is 8.53. The maximum absolute atomic E-state index is 14.2. The predicted octanol–water partition coefficient (Wildman–Crippen LogP) is 1.94. The second-order valence-electron chi connectivity index (χ2n) is 16.2. The van der Waals surface area contributed by atoms with Gasteiger partial charge in [0.2, 0.25) is 23.6 Å². The number of amides is 4. The molecule has 0 aromatic carbocycles. The summed E-state index contributed by atoms with van der Waals surface area (Å²) in [6.07, 6.45) is 7.35. The molecular weight excluding hydrogens is 612 g/mol. The van der Waals surface area contributed by atoms with Gasteiger partial charge in [0.25, 0.3) is 0 Å². The summed E-state index contributed by atoms with van der Waals surface area (Å²) in [6.45, 7) is 13.2. The van der Waals surface area contributed by atoms with Gasteiger partial charge in [-0.1, -0.05) is 41.0 Å². The topological polar surface area (TPSA) is 126 Å².